The Kier molecular flexibility index (Phi) is 3.81. The minimum absolute atomic E-state index is 0.139. The van der Waals surface area contributed by atoms with Gasteiger partial charge in [-0.3, -0.25) is 14.8 Å². The van der Waals surface area contributed by atoms with Crippen molar-refractivity contribution >= 4 is 5.91 Å². The van der Waals surface area contributed by atoms with E-state index in [1.807, 2.05) is 12.1 Å². The molecule has 17 heavy (non-hydrogen) atoms. The summed E-state index contributed by atoms with van der Waals surface area (Å²) >= 11 is 0. The highest BCUT2D eigenvalue weighted by Crippen LogP contribution is 1.97. The van der Waals surface area contributed by atoms with Gasteiger partial charge in [0.15, 0.2) is 0 Å². The molecule has 4 nitrogen and oxygen atoms in total. The summed E-state index contributed by atoms with van der Waals surface area (Å²) < 4.78 is 0. The number of nitrogens with one attached hydrogen (secondary N) is 1. The molecule has 0 saturated carbocycles. The fraction of sp³-hybridized carbons (Fsp3) is 0.154. The number of aromatic nitrogens is 2. The fourth-order valence-electron chi connectivity index (χ4n) is 1.46. The minimum atomic E-state index is -0.139. The van der Waals surface area contributed by atoms with E-state index in [0.717, 1.165) is 12.0 Å². The van der Waals surface area contributed by atoms with Gasteiger partial charge in [0.1, 0.15) is 5.69 Å². The molecule has 0 bridgehead atoms. The smallest absolute Gasteiger partial charge is 0.269 e. The molecule has 2 aromatic rings. The van der Waals surface area contributed by atoms with Gasteiger partial charge in [0.05, 0.1) is 0 Å². The third-order valence-electron chi connectivity index (χ3n) is 2.35. The molecular formula is C13H13N3O. The van der Waals surface area contributed by atoms with Crippen LogP contribution in [0.3, 0.4) is 0 Å². The van der Waals surface area contributed by atoms with Crippen molar-refractivity contribution < 1.29 is 4.79 Å². The lowest BCUT2D eigenvalue weighted by Gasteiger charge is -2.04. The number of hydrogen-bond acceptors (Lipinski definition) is 3. The van der Waals surface area contributed by atoms with Crippen molar-refractivity contribution in [3.8, 4) is 0 Å². The first kappa shape index (κ1) is 11.3. The molecule has 2 rings (SSSR count). The molecule has 2 heterocycles. The van der Waals surface area contributed by atoms with E-state index in [2.05, 4.69) is 15.3 Å². The molecule has 0 saturated heterocycles. The Bertz CT molecular complexity index is 471. The summed E-state index contributed by atoms with van der Waals surface area (Å²) in [5, 5.41) is 2.83. The summed E-state index contributed by atoms with van der Waals surface area (Å²) in [6.07, 6.45) is 5.89. The number of nitrogens with zero attached hydrogens (tertiary/aromatic N) is 2. The Balaban J connectivity index is 1.82. The maximum Gasteiger partial charge on any atom is 0.269 e. The Hall–Kier alpha value is -2.23. The second-order valence-electron chi connectivity index (χ2n) is 3.58. The van der Waals surface area contributed by atoms with Gasteiger partial charge in [0.25, 0.3) is 5.91 Å². The third kappa shape index (κ3) is 3.38. The first-order valence-corrected chi connectivity index (χ1v) is 5.44. The lowest BCUT2D eigenvalue weighted by atomic mass is 10.2. The van der Waals surface area contributed by atoms with Crippen molar-refractivity contribution in [2.24, 2.45) is 0 Å². The summed E-state index contributed by atoms with van der Waals surface area (Å²) in [4.78, 5) is 19.6. The molecule has 0 fully saturated rings. The molecule has 0 aliphatic rings. The highest BCUT2D eigenvalue weighted by molar-refractivity contribution is 5.92. The van der Waals surface area contributed by atoms with Crippen LogP contribution >= 0.6 is 0 Å². The highest BCUT2D eigenvalue weighted by Gasteiger charge is 2.04. The molecule has 0 aliphatic heterocycles. The molecule has 0 aliphatic carbocycles. The molecule has 1 N–H and O–H groups in total. The summed E-state index contributed by atoms with van der Waals surface area (Å²) in [5.74, 6) is -0.139. The largest absolute Gasteiger partial charge is 0.350 e. The van der Waals surface area contributed by atoms with Crippen molar-refractivity contribution in [3.63, 3.8) is 0 Å². The van der Waals surface area contributed by atoms with E-state index in [4.69, 9.17) is 0 Å². The van der Waals surface area contributed by atoms with E-state index < -0.39 is 0 Å². The van der Waals surface area contributed by atoms with Gasteiger partial charge in [-0.2, -0.15) is 0 Å². The quantitative estimate of drug-likeness (QED) is 0.860. The van der Waals surface area contributed by atoms with Crippen LogP contribution in [0.4, 0.5) is 0 Å². The van der Waals surface area contributed by atoms with Crippen LogP contribution in [0.5, 0.6) is 0 Å². The van der Waals surface area contributed by atoms with Gasteiger partial charge in [-0.1, -0.05) is 6.07 Å². The van der Waals surface area contributed by atoms with Gasteiger partial charge >= 0.3 is 0 Å². The molecule has 0 atom stereocenters. The van der Waals surface area contributed by atoms with Crippen molar-refractivity contribution in [3.05, 3.63) is 60.2 Å². The number of amides is 1. The van der Waals surface area contributed by atoms with E-state index in [1.165, 1.54) is 0 Å². The topological polar surface area (TPSA) is 54.9 Å². The van der Waals surface area contributed by atoms with Crippen molar-refractivity contribution in [1.29, 1.82) is 0 Å². The lowest BCUT2D eigenvalue weighted by molar-refractivity contribution is 0.0949. The minimum Gasteiger partial charge on any atom is -0.350 e. The van der Waals surface area contributed by atoms with Gasteiger partial charge in [-0.05, 0) is 36.2 Å². The maximum atomic E-state index is 11.6. The van der Waals surface area contributed by atoms with Crippen LogP contribution < -0.4 is 5.32 Å². The number of carbonyl (C=O) groups is 1. The fourth-order valence-corrected chi connectivity index (χ4v) is 1.46. The number of carbonyl (C=O) groups excluding carboxylic acids is 1. The second kappa shape index (κ2) is 5.75. The van der Waals surface area contributed by atoms with Crippen LogP contribution in [0.25, 0.3) is 0 Å². The predicted molar refractivity (Wildman–Crippen MR) is 64.5 cm³/mol. The van der Waals surface area contributed by atoms with Crippen LogP contribution in [-0.4, -0.2) is 22.4 Å². The summed E-state index contributed by atoms with van der Waals surface area (Å²) in [5.41, 5.74) is 1.60. The first-order chi connectivity index (χ1) is 8.36. The lowest BCUT2D eigenvalue weighted by Crippen LogP contribution is -2.26. The van der Waals surface area contributed by atoms with Crippen LogP contribution in [0.1, 0.15) is 16.1 Å². The molecule has 0 spiro atoms. The van der Waals surface area contributed by atoms with Gasteiger partial charge in [0.2, 0.25) is 0 Å². The van der Waals surface area contributed by atoms with Gasteiger partial charge in [0, 0.05) is 25.1 Å². The third-order valence-corrected chi connectivity index (χ3v) is 2.35. The van der Waals surface area contributed by atoms with E-state index in [0.29, 0.717) is 12.2 Å². The van der Waals surface area contributed by atoms with E-state index in [-0.39, 0.29) is 5.91 Å². The molecule has 0 radical (unpaired) electrons. The Morgan fingerprint density at radius 2 is 1.94 bits per heavy atom. The predicted octanol–water partition coefficient (Wildman–Crippen LogP) is 1.45. The van der Waals surface area contributed by atoms with Crippen molar-refractivity contribution in [2.45, 2.75) is 6.42 Å². The van der Waals surface area contributed by atoms with Crippen molar-refractivity contribution in [1.82, 2.24) is 15.3 Å². The summed E-state index contributed by atoms with van der Waals surface area (Å²) in [6, 6.07) is 9.15. The van der Waals surface area contributed by atoms with E-state index in [1.54, 1.807) is 36.8 Å². The van der Waals surface area contributed by atoms with E-state index in [9.17, 15) is 4.79 Å². The average Bonchev–Trinajstić information content (AvgIpc) is 2.41. The van der Waals surface area contributed by atoms with Crippen molar-refractivity contribution in [2.75, 3.05) is 6.54 Å². The summed E-state index contributed by atoms with van der Waals surface area (Å²) in [7, 11) is 0. The zero-order chi connectivity index (χ0) is 11.9. The second-order valence-corrected chi connectivity index (χ2v) is 3.58. The molecule has 0 aromatic carbocycles. The average molecular weight is 227 g/mol. The zero-order valence-electron chi connectivity index (χ0n) is 9.34. The zero-order valence-corrected chi connectivity index (χ0v) is 9.34. The van der Waals surface area contributed by atoms with Crippen LogP contribution in [-0.2, 0) is 6.42 Å². The van der Waals surface area contributed by atoms with Gasteiger partial charge < -0.3 is 5.32 Å². The Morgan fingerprint density at radius 1 is 1.12 bits per heavy atom. The molecule has 2 aromatic heterocycles. The maximum absolute atomic E-state index is 11.6. The normalized spacial score (nSPS) is 9.88. The standard InChI is InChI=1S/C13H13N3O/c17-13(12-3-1-2-7-15-12)16-10-6-11-4-8-14-9-5-11/h1-5,7-9H,6,10H2,(H,16,17). The van der Waals surface area contributed by atoms with Gasteiger partial charge in [-0.15, -0.1) is 0 Å². The molecule has 4 heteroatoms. The van der Waals surface area contributed by atoms with Crippen LogP contribution in [0, 0.1) is 0 Å². The number of pyridine rings is 2. The monoisotopic (exact) mass is 227 g/mol. The summed E-state index contributed by atoms with van der Waals surface area (Å²) in [6.45, 7) is 0.597. The van der Waals surface area contributed by atoms with Crippen LogP contribution in [0.2, 0.25) is 0 Å². The highest BCUT2D eigenvalue weighted by atomic mass is 16.1. The Labute approximate surface area is 99.7 Å². The van der Waals surface area contributed by atoms with Gasteiger partial charge in [-0.25, -0.2) is 0 Å². The van der Waals surface area contributed by atoms with Crippen LogP contribution in [0.15, 0.2) is 48.9 Å². The number of rotatable bonds is 4. The molecule has 0 unspecified atom stereocenters. The molecule has 86 valence electrons. The molecule has 1 amide bonds. The molecular weight excluding hydrogens is 214 g/mol. The first-order valence-electron chi connectivity index (χ1n) is 5.44. The Morgan fingerprint density at radius 3 is 2.65 bits per heavy atom. The number of hydrogen-bond donors (Lipinski definition) is 1. The van der Waals surface area contributed by atoms with E-state index >= 15 is 0 Å². The SMILES string of the molecule is O=C(NCCc1ccncc1)c1ccccn1.